The molecule has 1 heterocycles. The maximum atomic E-state index is 12.1. The maximum Gasteiger partial charge on any atom is 0.218 e. The van der Waals surface area contributed by atoms with Gasteiger partial charge < -0.3 is 5.73 Å². The Bertz CT molecular complexity index is 577. The van der Waals surface area contributed by atoms with Crippen molar-refractivity contribution in [3.63, 3.8) is 0 Å². The van der Waals surface area contributed by atoms with Crippen molar-refractivity contribution in [1.29, 1.82) is 5.26 Å². The highest BCUT2D eigenvalue weighted by molar-refractivity contribution is 7.88. The van der Waals surface area contributed by atoms with E-state index >= 15 is 0 Å². The van der Waals surface area contributed by atoms with Gasteiger partial charge in [0.2, 0.25) is 10.0 Å². The molecule has 0 saturated carbocycles. The van der Waals surface area contributed by atoms with Crippen molar-refractivity contribution in [3.05, 3.63) is 35.4 Å². The number of rotatable bonds is 3. The molecule has 6 heteroatoms. The second-order valence-corrected chi connectivity index (χ2v) is 6.44. The minimum absolute atomic E-state index is 0.0646. The predicted molar refractivity (Wildman–Crippen MR) is 67.9 cm³/mol. The third kappa shape index (κ3) is 2.88. The number of benzene rings is 1. The smallest absolute Gasteiger partial charge is 0.218 e. The lowest BCUT2D eigenvalue weighted by molar-refractivity contribution is 0.471. The Morgan fingerprint density at radius 2 is 2.28 bits per heavy atom. The SMILES string of the molecule is N#Cc1cccc(CS(=O)(=O)N2CCC(N)C2)c1. The van der Waals surface area contributed by atoms with Gasteiger partial charge in [0.1, 0.15) is 0 Å². The Labute approximate surface area is 107 Å². The average Bonchev–Trinajstić information content (AvgIpc) is 2.76. The molecule has 0 bridgehead atoms. The molecule has 1 unspecified atom stereocenters. The lowest BCUT2D eigenvalue weighted by Gasteiger charge is -2.15. The highest BCUT2D eigenvalue weighted by Crippen LogP contribution is 2.17. The molecular weight excluding hydrogens is 250 g/mol. The van der Waals surface area contributed by atoms with Crippen LogP contribution in [0.3, 0.4) is 0 Å². The van der Waals surface area contributed by atoms with Gasteiger partial charge in [-0.05, 0) is 24.1 Å². The monoisotopic (exact) mass is 265 g/mol. The standard InChI is InChI=1S/C12H15N3O2S/c13-7-10-2-1-3-11(6-10)9-18(16,17)15-5-4-12(14)8-15/h1-3,6,12H,4-5,8-9,14H2. The van der Waals surface area contributed by atoms with E-state index in [0.29, 0.717) is 30.6 Å². The second-order valence-electron chi connectivity index (χ2n) is 4.48. The minimum Gasteiger partial charge on any atom is -0.326 e. The average molecular weight is 265 g/mol. The lowest BCUT2D eigenvalue weighted by Crippen LogP contribution is -2.32. The van der Waals surface area contributed by atoms with Gasteiger partial charge in [0.15, 0.2) is 0 Å². The largest absolute Gasteiger partial charge is 0.326 e. The highest BCUT2D eigenvalue weighted by atomic mass is 32.2. The summed E-state index contributed by atoms with van der Waals surface area (Å²) < 4.78 is 25.7. The predicted octanol–water partition coefficient (Wildman–Crippen LogP) is 0.421. The van der Waals surface area contributed by atoms with Gasteiger partial charge in [0.05, 0.1) is 17.4 Å². The molecule has 1 aliphatic rings. The fourth-order valence-corrected chi connectivity index (χ4v) is 3.62. The number of hydrogen-bond acceptors (Lipinski definition) is 4. The molecule has 18 heavy (non-hydrogen) atoms. The van der Waals surface area contributed by atoms with E-state index in [4.69, 9.17) is 11.0 Å². The number of hydrogen-bond donors (Lipinski definition) is 1. The summed E-state index contributed by atoms with van der Waals surface area (Å²) >= 11 is 0. The van der Waals surface area contributed by atoms with E-state index in [2.05, 4.69) is 0 Å². The topological polar surface area (TPSA) is 87.2 Å². The summed E-state index contributed by atoms with van der Waals surface area (Å²) in [5, 5.41) is 8.78. The van der Waals surface area contributed by atoms with Gasteiger partial charge in [-0.25, -0.2) is 12.7 Å². The molecule has 0 amide bonds. The van der Waals surface area contributed by atoms with E-state index in [9.17, 15) is 8.42 Å². The molecule has 0 aromatic heterocycles. The van der Waals surface area contributed by atoms with Crippen molar-refractivity contribution in [2.75, 3.05) is 13.1 Å². The molecule has 0 aliphatic carbocycles. The van der Waals surface area contributed by atoms with E-state index in [1.807, 2.05) is 6.07 Å². The van der Waals surface area contributed by atoms with Crippen LogP contribution in [0.1, 0.15) is 17.5 Å². The summed E-state index contributed by atoms with van der Waals surface area (Å²) in [6.45, 7) is 0.877. The molecule has 1 fully saturated rings. The van der Waals surface area contributed by atoms with Crippen LogP contribution in [0.25, 0.3) is 0 Å². The van der Waals surface area contributed by atoms with Gasteiger partial charge in [-0.2, -0.15) is 5.26 Å². The van der Waals surface area contributed by atoms with E-state index < -0.39 is 10.0 Å². The second kappa shape index (κ2) is 5.06. The molecule has 1 aliphatic heterocycles. The van der Waals surface area contributed by atoms with Gasteiger partial charge in [-0.1, -0.05) is 12.1 Å². The van der Waals surface area contributed by atoms with E-state index in [1.165, 1.54) is 4.31 Å². The molecular formula is C12H15N3O2S. The Hall–Kier alpha value is -1.42. The van der Waals surface area contributed by atoms with E-state index in [1.54, 1.807) is 24.3 Å². The Kier molecular flexibility index (Phi) is 3.66. The van der Waals surface area contributed by atoms with Crippen molar-refractivity contribution < 1.29 is 8.42 Å². The maximum absolute atomic E-state index is 12.1. The number of nitriles is 1. The van der Waals surface area contributed by atoms with Gasteiger partial charge in [0, 0.05) is 19.1 Å². The van der Waals surface area contributed by atoms with E-state index in [-0.39, 0.29) is 11.8 Å². The number of nitrogens with two attached hydrogens (primary N) is 1. The van der Waals surface area contributed by atoms with Gasteiger partial charge >= 0.3 is 0 Å². The molecule has 1 aromatic rings. The quantitative estimate of drug-likeness (QED) is 0.858. The summed E-state index contributed by atoms with van der Waals surface area (Å²) in [6, 6.07) is 8.61. The van der Waals surface area contributed by atoms with Crippen LogP contribution in [0.4, 0.5) is 0 Å². The van der Waals surface area contributed by atoms with Crippen LogP contribution in [0.15, 0.2) is 24.3 Å². The van der Waals surface area contributed by atoms with Gasteiger partial charge in [-0.15, -0.1) is 0 Å². The van der Waals surface area contributed by atoms with Crippen LogP contribution >= 0.6 is 0 Å². The minimum atomic E-state index is -3.33. The number of sulfonamides is 1. The molecule has 2 rings (SSSR count). The molecule has 1 saturated heterocycles. The first-order chi connectivity index (χ1) is 8.51. The zero-order chi connectivity index (χ0) is 13.2. The molecule has 96 valence electrons. The van der Waals surface area contributed by atoms with Crippen LogP contribution < -0.4 is 5.73 Å². The number of nitrogens with zero attached hydrogens (tertiary/aromatic N) is 2. The first-order valence-electron chi connectivity index (χ1n) is 5.74. The molecule has 1 aromatic carbocycles. The normalized spacial score (nSPS) is 20.8. The van der Waals surface area contributed by atoms with Crippen LogP contribution in [0, 0.1) is 11.3 Å². The van der Waals surface area contributed by atoms with Crippen LogP contribution in [-0.4, -0.2) is 31.9 Å². The molecule has 1 atom stereocenters. The third-order valence-electron chi connectivity index (χ3n) is 2.99. The van der Waals surface area contributed by atoms with Crippen molar-refractivity contribution in [3.8, 4) is 6.07 Å². The van der Waals surface area contributed by atoms with Crippen molar-refractivity contribution >= 4 is 10.0 Å². The summed E-state index contributed by atoms with van der Waals surface area (Å²) in [6.07, 6.45) is 0.706. The van der Waals surface area contributed by atoms with Gasteiger partial charge in [0.25, 0.3) is 0 Å². The summed E-state index contributed by atoms with van der Waals surface area (Å²) in [4.78, 5) is 0. The van der Waals surface area contributed by atoms with Crippen LogP contribution in [0.5, 0.6) is 0 Å². The van der Waals surface area contributed by atoms with Crippen molar-refractivity contribution in [2.24, 2.45) is 5.73 Å². The first-order valence-corrected chi connectivity index (χ1v) is 7.34. The Morgan fingerprint density at radius 1 is 1.50 bits per heavy atom. The fourth-order valence-electron chi connectivity index (χ4n) is 2.04. The fraction of sp³-hybridized carbons (Fsp3) is 0.417. The summed E-state index contributed by atoms with van der Waals surface area (Å²) in [5.41, 5.74) is 6.82. The molecule has 0 spiro atoms. The van der Waals surface area contributed by atoms with Crippen LogP contribution in [-0.2, 0) is 15.8 Å². The molecule has 0 radical (unpaired) electrons. The highest BCUT2D eigenvalue weighted by Gasteiger charge is 2.29. The molecule has 5 nitrogen and oxygen atoms in total. The molecule has 2 N–H and O–H groups in total. The lowest BCUT2D eigenvalue weighted by atomic mass is 10.2. The third-order valence-corrected chi connectivity index (χ3v) is 4.80. The Morgan fingerprint density at radius 3 is 2.89 bits per heavy atom. The van der Waals surface area contributed by atoms with E-state index in [0.717, 1.165) is 0 Å². The zero-order valence-electron chi connectivity index (χ0n) is 9.91. The first kappa shape index (κ1) is 13.0. The van der Waals surface area contributed by atoms with Crippen molar-refractivity contribution in [2.45, 2.75) is 18.2 Å². The zero-order valence-corrected chi connectivity index (χ0v) is 10.7. The van der Waals surface area contributed by atoms with Crippen molar-refractivity contribution in [1.82, 2.24) is 4.31 Å². The summed E-state index contributed by atoms with van der Waals surface area (Å²) in [7, 11) is -3.33. The summed E-state index contributed by atoms with van der Waals surface area (Å²) in [5.74, 6) is -0.0742. The Balaban J connectivity index is 2.15. The van der Waals surface area contributed by atoms with Crippen LogP contribution in [0.2, 0.25) is 0 Å². The van der Waals surface area contributed by atoms with Gasteiger partial charge in [-0.3, -0.25) is 0 Å².